The summed E-state index contributed by atoms with van der Waals surface area (Å²) in [5.74, 6) is 0. The van der Waals surface area contributed by atoms with Gasteiger partial charge in [-0.3, -0.25) is 0 Å². The van der Waals surface area contributed by atoms with Gasteiger partial charge in [0.1, 0.15) is 0 Å². The van der Waals surface area contributed by atoms with Gasteiger partial charge in [0.05, 0.1) is 0 Å². The van der Waals surface area contributed by atoms with Crippen LogP contribution in [-0.2, 0) is 10.2 Å². The Kier molecular flexibility index (Phi) is 5.84. The molecule has 2 rings (SSSR count). The molecule has 20 heavy (non-hydrogen) atoms. The normalized spacial score (nSPS) is 33.2. The molecule has 1 saturated heterocycles. The lowest BCUT2D eigenvalue weighted by Crippen LogP contribution is -2.51. The molecule has 118 valence electrons. The van der Waals surface area contributed by atoms with E-state index in [0.29, 0.717) is 12.6 Å². The van der Waals surface area contributed by atoms with E-state index in [0.717, 1.165) is 51.5 Å². The van der Waals surface area contributed by atoms with Crippen LogP contribution in [0.4, 0.5) is 0 Å². The number of rotatable bonds is 5. The van der Waals surface area contributed by atoms with Gasteiger partial charge >= 0.3 is 0 Å². The first-order chi connectivity index (χ1) is 9.53. The smallest absolute Gasteiger partial charge is 0.279 e. The topological polar surface area (TPSA) is 61.4 Å². The van der Waals surface area contributed by atoms with Crippen LogP contribution in [0.25, 0.3) is 0 Å². The third-order valence-electron chi connectivity index (χ3n) is 4.59. The third-order valence-corrected chi connectivity index (χ3v) is 6.38. The number of hydrogen-bond donors (Lipinski definition) is 2. The molecule has 5 nitrogen and oxygen atoms in total. The third kappa shape index (κ3) is 4.16. The molecule has 0 aromatic heterocycles. The lowest BCUT2D eigenvalue weighted by molar-refractivity contribution is 0.258. The molecule has 2 aliphatic rings. The van der Waals surface area contributed by atoms with Gasteiger partial charge in [0.2, 0.25) is 0 Å². The fourth-order valence-corrected chi connectivity index (χ4v) is 5.15. The van der Waals surface area contributed by atoms with E-state index in [1.54, 1.807) is 4.31 Å². The number of nitrogens with zero attached hydrogens (tertiary/aromatic N) is 1. The van der Waals surface area contributed by atoms with E-state index in [9.17, 15) is 8.42 Å². The van der Waals surface area contributed by atoms with Gasteiger partial charge in [-0.25, -0.2) is 0 Å². The van der Waals surface area contributed by atoms with Gasteiger partial charge in [-0.2, -0.15) is 17.4 Å². The van der Waals surface area contributed by atoms with Gasteiger partial charge in [0.25, 0.3) is 10.2 Å². The van der Waals surface area contributed by atoms with Crippen molar-refractivity contribution in [3.05, 3.63) is 0 Å². The Morgan fingerprint density at radius 2 is 1.70 bits per heavy atom. The second-order valence-corrected chi connectivity index (χ2v) is 7.84. The van der Waals surface area contributed by atoms with Crippen LogP contribution < -0.4 is 10.0 Å². The van der Waals surface area contributed by atoms with Crippen molar-refractivity contribution < 1.29 is 8.42 Å². The van der Waals surface area contributed by atoms with Crippen molar-refractivity contribution in [3.8, 4) is 0 Å². The summed E-state index contributed by atoms with van der Waals surface area (Å²) >= 11 is 0. The average Bonchev–Trinajstić information content (AvgIpc) is 2.41. The van der Waals surface area contributed by atoms with Crippen LogP contribution in [-0.4, -0.2) is 43.9 Å². The van der Waals surface area contributed by atoms with Crippen LogP contribution in [0.2, 0.25) is 0 Å². The monoisotopic (exact) mass is 303 g/mol. The van der Waals surface area contributed by atoms with E-state index in [1.807, 2.05) is 6.92 Å². The molecule has 1 aliphatic heterocycles. The van der Waals surface area contributed by atoms with Crippen LogP contribution in [0.5, 0.6) is 0 Å². The van der Waals surface area contributed by atoms with Gasteiger partial charge in [-0.1, -0.05) is 13.3 Å². The SMILES string of the molecule is CCNC1CCC(NS(=O)(=O)N2CCCCC2C)CC1. The molecule has 1 saturated carbocycles. The highest BCUT2D eigenvalue weighted by Crippen LogP contribution is 2.23. The summed E-state index contributed by atoms with van der Waals surface area (Å²) in [6.07, 6.45) is 7.12. The molecule has 6 heteroatoms. The van der Waals surface area contributed by atoms with Crippen molar-refractivity contribution in [1.82, 2.24) is 14.3 Å². The Labute approximate surface area is 123 Å². The number of piperidine rings is 1. The second kappa shape index (κ2) is 7.20. The van der Waals surface area contributed by atoms with Gasteiger partial charge in [0, 0.05) is 24.7 Å². The van der Waals surface area contributed by atoms with Crippen molar-refractivity contribution in [1.29, 1.82) is 0 Å². The van der Waals surface area contributed by atoms with Crippen LogP contribution >= 0.6 is 0 Å². The first kappa shape index (κ1) is 16.2. The van der Waals surface area contributed by atoms with E-state index in [1.165, 1.54) is 0 Å². The molecule has 0 amide bonds. The summed E-state index contributed by atoms with van der Waals surface area (Å²) in [4.78, 5) is 0. The summed E-state index contributed by atoms with van der Waals surface area (Å²) in [5.41, 5.74) is 0. The van der Waals surface area contributed by atoms with Crippen molar-refractivity contribution in [2.24, 2.45) is 0 Å². The quantitative estimate of drug-likeness (QED) is 0.811. The number of hydrogen-bond acceptors (Lipinski definition) is 3. The summed E-state index contributed by atoms with van der Waals surface area (Å²) in [5, 5.41) is 3.45. The van der Waals surface area contributed by atoms with Gasteiger partial charge < -0.3 is 5.32 Å². The predicted octanol–water partition coefficient (Wildman–Crippen LogP) is 1.62. The standard InChI is InChI=1S/C14H29N3O2S/c1-3-15-13-7-9-14(10-8-13)16-20(18,19)17-11-5-4-6-12(17)2/h12-16H,3-11H2,1-2H3. The lowest BCUT2D eigenvalue weighted by Gasteiger charge is -2.35. The molecule has 2 N–H and O–H groups in total. The fraction of sp³-hybridized carbons (Fsp3) is 1.00. The zero-order valence-corrected chi connectivity index (χ0v) is 13.6. The maximum atomic E-state index is 12.5. The Balaban J connectivity index is 1.86. The summed E-state index contributed by atoms with van der Waals surface area (Å²) < 4.78 is 29.5. The lowest BCUT2D eigenvalue weighted by atomic mass is 9.92. The highest BCUT2D eigenvalue weighted by Gasteiger charge is 2.32. The summed E-state index contributed by atoms with van der Waals surface area (Å²) in [7, 11) is -3.30. The summed E-state index contributed by atoms with van der Waals surface area (Å²) in [6, 6.07) is 0.818. The minimum Gasteiger partial charge on any atom is -0.314 e. The van der Waals surface area contributed by atoms with Crippen LogP contribution in [0, 0.1) is 0 Å². The Morgan fingerprint density at radius 1 is 1.05 bits per heavy atom. The molecule has 1 atom stereocenters. The van der Waals surface area contributed by atoms with Gasteiger partial charge in [-0.15, -0.1) is 0 Å². The maximum Gasteiger partial charge on any atom is 0.279 e. The molecule has 0 radical (unpaired) electrons. The molecular weight excluding hydrogens is 274 g/mol. The van der Waals surface area contributed by atoms with Crippen molar-refractivity contribution in [3.63, 3.8) is 0 Å². The highest BCUT2D eigenvalue weighted by molar-refractivity contribution is 7.87. The fourth-order valence-electron chi connectivity index (χ4n) is 3.41. The second-order valence-electron chi connectivity index (χ2n) is 6.18. The minimum absolute atomic E-state index is 0.115. The van der Waals surface area contributed by atoms with Crippen LogP contribution in [0.3, 0.4) is 0 Å². The zero-order valence-electron chi connectivity index (χ0n) is 12.8. The van der Waals surface area contributed by atoms with Crippen molar-refractivity contribution in [2.45, 2.75) is 76.9 Å². The van der Waals surface area contributed by atoms with E-state index in [4.69, 9.17) is 0 Å². The molecule has 1 unspecified atom stereocenters. The molecule has 0 aromatic carbocycles. The Bertz CT molecular complexity index is 391. The van der Waals surface area contributed by atoms with E-state index >= 15 is 0 Å². The van der Waals surface area contributed by atoms with E-state index in [2.05, 4.69) is 17.0 Å². The summed E-state index contributed by atoms with van der Waals surface area (Å²) in [6.45, 7) is 5.79. The minimum atomic E-state index is -3.30. The molecule has 0 aromatic rings. The van der Waals surface area contributed by atoms with Crippen molar-refractivity contribution >= 4 is 10.2 Å². The first-order valence-corrected chi connectivity index (χ1v) is 9.49. The Hall–Kier alpha value is -0.170. The highest BCUT2D eigenvalue weighted by atomic mass is 32.2. The van der Waals surface area contributed by atoms with E-state index in [-0.39, 0.29) is 12.1 Å². The van der Waals surface area contributed by atoms with Gasteiger partial charge in [-0.05, 0) is 52.0 Å². The molecule has 1 heterocycles. The Morgan fingerprint density at radius 3 is 2.30 bits per heavy atom. The predicted molar refractivity (Wildman–Crippen MR) is 81.8 cm³/mol. The number of nitrogens with one attached hydrogen (secondary N) is 2. The largest absolute Gasteiger partial charge is 0.314 e. The molecule has 1 aliphatic carbocycles. The first-order valence-electron chi connectivity index (χ1n) is 8.05. The maximum absolute atomic E-state index is 12.5. The molecule has 2 fully saturated rings. The molecule has 0 bridgehead atoms. The van der Waals surface area contributed by atoms with E-state index < -0.39 is 10.2 Å². The average molecular weight is 303 g/mol. The van der Waals surface area contributed by atoms with Gasteiger partial charge in [0.15, 0.2) is 0 Å². The van der Waals surface area contributed by atoms with Crippen LogP contribution in [0.1, 0.15) is 58.8 Å². The zero-order chi connectivity index (χ0) is 14.6. The van der Waals surface area contributed by atoms with Crippen molar-refractivity contribution in [2.75, 3.05) is 13.1 Å². The van der Waals surface area contributed by atoms with Crippen LogP contribution in [0.15, 0.2) is 0 Å². The molecule has 0 spiro atoms. The molecular formula is C14H29N3O2S.